The first-order chi connectivity index (χ1) is 6.45. The van der Waals surface area contributed by atoms with E-state index in [1.807, 2.05) is 0 Å². The SMILES string of the molecule is CC(=O)c1ccc([N+](=O)[O-])c(F)c1Br. The fourth-order valence-corrected chi connectivity index (χ4v) is 1.57. The Morgan fingerprint density at radius 2 is 2.14 bits per heavy atom. The van der Waals surface area contributed by atoms with Crippen LogP contribution in [0.5, 0.6) is 0 Å². The lowest BCUT2D eigenvalue weighted by Gasteiger charge is -2.01. The van der Waals surface area contributed by atoms with Crippen molar-refractivity contribution in [2.24, 2.45) is 0 Å². The molecule has 0 aromatic heterocycles. The second kappa shape index (κ2) is 3.83. The summed E-state index contributed by atoms with van der Waals surface area (Å²) >= 11 is 2.80. The average molecular weight is 262 g/mol. The molecule has 1 aromatic carbocycles. The minimum absolute atomic E-state index is 0.0908. The Bertz CT molecular complexity index is 380. The highest BCUT2D eigenvalue weighted by atomic mass is 79.9. The van der Waals surface area contributed by atoms with E-state index >= 15 is 0 Å². The molecule has 0 heterocycles. The molecule has 0 N–H and O–H groups in total. The Balaban J connectivity index is 3.41. The number of halogens is 2. The van der Waals surface area contributed by atoms with Crippen LogP contribution in [0.15, 0.2) is 16.6 Å². The number of ketones is 1. The number of carbonyl (C=O) groups is 1. The fraction of sp³-hybridized carbons (Fsp3) is 0.125. The first-order valence-electron chi connectivity index (χ1n) is 3.58. The number of benzene rings is 1. The van der Waals surface area contributed by atoms with Crippen molar-refractivity contribution in [3.63, 3.8) is 0 Å². The minimum atomic E-state index is -1.03. The normalized spacial score (nSPS) is 9.93. The van der Waals surface area contributed by atoms with E-state index in [1.54, 1.807) is 0 Å². The van der Waals surface area contributed by atoms with Crippen LogP contribution < -0.4 is 0 Å². The number of nitro benzene ring substituents is 1. The molecule has 0 aliphatic heterocycles. The van der Waals surface area contributed by atoms with Crippen LogP contribution in [0.25, 0.3) is 0 Å². The van der Waals surface area contributed by atoms with Gasteiger partial charge in [0.2, 0.25) is 5.82 Å². The number of Topliss-reactive ketones (excluding diaryl/α,β-unsaturated/α-hetero) is 1. The van der Waals surface area contributed by atoms with Crippen LogP contribution in [0.4, 0.5) is 10.1 Å². The molecule has 74 valence electrons. The summed E-state index contributed by atoms with van der Waals surface area (Å²) in [6.07, 6.45) is 0. The summed E-state index contributed by atoms with van der Waals surface area (Å²) in [5.41, 5.74) is -0.560. The molecular weight excluding hydrogens is 257 g/mol. The van der Waals surface area contributed by atoms with Gasteiger partial charge in [0.15, 0.2) is 5.78 Å². The molecule has 0 atom stereocenters. The Morgan fingerprint density at radius 1 is 1.57 bits per heavy atom. The molecule has 0 aliphatic carbocycles. The van der Waals surface area contributed by atoms with Crippen LogP contribution in [0.3, 0.4) is 0 Å². The van der Waals surface area contributed by atoms with E-state index in [2.05, 4.69) is 15.9 Å². The Labute approximate surface area is 87.0 Å². The second-order valence-electron chi connectivity index (χ2n) is 2.57. The van der Waals surface area contributed by atoms with E-state index in [1.165, 1.54) is 13.0 Å². The summed E-state index contributed by atoms with van der Waals surface area (Å²) in [6, 6.07) is 2.18. The van der Waals surface area contributed by atoms with Gasteiger partial charge in [0.25, 0.3) is 0 Å². The summed E-state index contributed by atoms with van der Waals surface area (Å²) in [4.78, 5) is 20.4. The number of nitro groups is 1. The maximum absolute atomic E-state index is 13.2. The van der Waals surface area contributed by atoms with E-state index in [4.69, 9.17) is 0 Å². The third-order valence-electron chi connectivity index (χ3n) is 1.64. The van der Waals surface area contributed by atoms with Crippen LogP contribution >= 0.6 is 15.9 Å². The van der Waals surface area contributed by atoms with Crippen molar-refractivity contribution < 1.29 is 14.1 Å². The lowest BCUT2D eigenvalue weighted by molar-refractivity contribution is -0.387. The molecule has 0 saturated carbocycles. The molecule has 0 radical (unpaired) electrons. The molecule has 4 nitrogen and oxygen atoms in total. The van der Waals surface area contributed by atoms with Crippen LogP contribution in [0, 0.1) is 15.9 Å². The first kappa shape index (κ1) is 10.8. The van der Waals surface area contributed by atoms with E-state index in [0.29, 0.717) is 0 Å². The molecule has 0 bridgehead atoms. The molecule has 6 heteroatoms. The summed E-state index contributed by atoms with van der Waals surface area (Å²) in [5.74, 6) is -1.38. The summed E-state index contributed by atoms with van der Waals surface area (Å²) < 4.78 is 13.1. The van der Waals surface area contributed by atoms with Crippen molar-refractivity contribution in [2.75, 3.05) is 0 Å². The zero-order chi connectivity index (χ0) is 10.9. The van der Waals surface area contributed by atoms with Crippen molar-refractivity contribution in [1.29, 1.82) is 0 Å². The highest BCUT2D eigenvalue weighted by molar-refractivity contribution is 9.10. The predicted molar refractivity (Wildman–Crippen MR) is 50.8 cm³/mol. The smallest absolute Gasteiger partial charge is 0.294 e. The van der Waals surface area contributed by atoms with Gasteiger partial charge in [-0.2, -0.15) is 4.39 Å². The van der Waals surface area contributed by atoms with Gasteiger partial charge < -0.3 is 0 Å². The summed E-state index contributed by atoms with van der Waals surface area (Å²) in [6.45, 7) is 1.26. The van der Waals surface area contributed by atoms with Gasteiger partial charge in [0, 0.05) is 11.6 Å². The monoisotopic (exact) mass is 261 g/mol. The first-order valence-corrected chi connectivity index (χ1v) is 4.37. The number of nitrogens with zero attached hydrogens (tertiary/aromatic N) is 1. The molecule has 0 spiro atoms. The van der Waals surface area contributed by atoms with Crippen molar-refractivity contribution in [3.8, 4) is 0 Å². The average Bonchev–Trinajstić information content (AvgIpc) is 2.08. The van der Waals surface area contributed by atoms with Crippen LogP contribution in [0.2, 0.25) is 0 Å². The topological polar surface area (TPSA) is 60.2 Å². The molecule has 0 unspecified atom stereocenters. The van der Waals surface area contributed by atoms with Gasteiger partial charge in [0.1, 0.15) is 0 Å². The zero-order valence-electron chi connectivity index (χ0n) is 7.08. The van der Waals surface area contributed by atoms with Crippen molar-refractivity contribution in [3.05, 3.63) is 38.1 Å². The van der Waals surface area contributed by atoms with Crippen molar-refractivity contribution >= 4 is 27.4 Å². The Morgan fingerprint density at radius 3 is 2.57 bits per heavy atom. The number of rotatable bonds is 2. The molecule has 0 saturated heterocycles. The zero-order valence-corrected chi connectivity index (χ0v) is 8.67. The highest BCUT2D eigenvalue weighted by Gasteiger charge is 2.20. The standard InChI is InChI=1S/C8H5BrFNO3/c1-4(12)5-2-3-6(11(13)14)8(10)7(5)9/h2-3H,1H3. The highest BCUT2D eigenvalue weighted by Crippen LogP contribution is 2.28. The number of hydrogen-bond acceptors (Lipinski definition) is 3. The van der Waals surface area contributed by atoms with E-state index in [0.717, 1.165) is 6.07 Å². The van der Waals surface area contributed by atoms with Gasteiger partial charge in [-0.25, -0.2) is 0 Å². The van der Waals surface area contributed by atoms with Gasteiger partial charge in [-0.3, -0.25) is 14.9 Å². The Hall–Kier alpha value is -1.30. The molecule has 1 aromatic rings. The fourth-order valence-electron chi connectivity index (χ4n) is 0.952. The molecule has 14 heavy (non-hydrogen) atoms. The van der Waals surface area contributed by atoms with Gasteiger partial charge in [-0.05, 0) is 28.9 Å². The lowest BCUT2D eigenvalue weighted by Crippen LogP contribution is -1.99. The van der Waals surface area contributed by atoms with Crippen LogP contribution in [-0.2, 0) is 0 Å². The van der Waals surface area contributed by atoms with E-state index in [-0.39, 0.29) is 15.8 Å². The predicted octanol–water partition coefficient (Wildman–Crippen LogP) is 2.70. The van der Waals surface area contributed by atoms with Crippen LogP contribution in [-0.4, -0.2) is 10.7 Å². The maximum atomic E-state index is 13.2. The van der Waals surface area contributed by atoms with Gasteiger partial charge in [-0.15, -0.1) is 0 Å². The van der Waals surface area contributed by atoms with Gasteiger partial charge in [0.05, 0.1) is 9.40 Å². The minimum Gasteiger partial charge on any atom is -0.294 e. The largest absolute Gasteiger partial charge is 0.306 e. The van der Waals surface area contributed by atoms with E-state index in [9.17, 15) is 19.3 Å². The van der Waals surface area contributed by atoms with Gasteiger partial charge in [-0.1, -0.05) is 0 Å². The molecule has 0 amide bonds. The lowest BCUT2D eigenvalue weighted by atomic mass is 10.1. The third-order valence-corrected chi connectivity index (χ3v) is 2.41. The molecule has 1 rings (SSSR count). The molecule has 0 fully saturated rings. The van der Waals surface area contributed by atoms with Crippen molar-refractivity contribution in [2.45, 2.75) is 6.92 Å². The number of hydrogen-bond donors (Lipinski definition) is 0. The third kappa shape index (κ3) is 1.79. The quantitative estimate of drug-likeness (QED) is 0.467. The molecule has 0 aliphatic rings. The summed E-state index contributed by atoms with van der Waals surface area (Å²) in [7, 11) is 0. The van der Waals surface area contributed by atoms with Crippen LogP contribution in [0.1, 0.15) is 17.3 Å². The maximum Gasteiger partial charge on any atom is 0.306 e. The molecular formula is C8H5BrFNO3. The van der Waals surface area contributed by atoms with E-state index < -0.39 is 16.4 Å². The van der Waals surface area contributed by atoms with Crippen molar-refractivity contribution in [1.82, 2.24) is 0 Å². The van der Waals surface area contributed by atoms with Gasteiger partial charge >= 0.3 is 5.69 Å². The number of carbonyl (C=O) groups excluding carboxylic acids is 1. The second-order valence-corrected chi connectivity index (χ2v) is 3.37. The summed E-state index contributed by atoms with van der Waals surface area (Å²) in [5, 5.41) is 10.3. The Kier molecular flexibility index (Phi) is 2.95.